The third-order valence-corrected chi connectivity index (χ3v) is 4.66. The van der Waals surface area contributed by atoms with Gasteiger partial charge in [-0.2, -0.15) is 44.7 Å². The highest BCUT2D eigenvalue weighted by Crippen LogP contribution is 2.34. The van der Waals surface area contributed by atoms with Crippen LogP contribution in [0.3, 0.4) is 0 Å². The molecule has 0 aliphatic heterocycles. The molecule has 27 heavy (non-hydrogen) atoms. The summed E-state index contributed by atoms with van der Waals surface area (Å²) >= 11 is 5.58. The maximum atomic E-state index is 13.2. The van der Waals surface area contributed by atoms with Crippen LogP contribution in [0.5, 0.6) is 0 Å². The molecule has 0 radical (unpaired) electrons. The molecule has 1 N–H and O–H groups in total. The number of benzene rings is 2. The van der Waals surface area contributed by atoms with Crippen molar-refractivity contribution in [2.45, 2.75) is 17.2 Å². The average Bonchev–Trinajstić information content (AvgIpc) is 2.54. The quantitative estimate of drug-likeness (QED) is 0.438. The Kier molecular flexibility index (Phi) is 5.76. The minimum absolute atomic E-state index is 0.125. The summed E-state index contributed by atoms with van der Waals surface area (Å²) in [6, 6.07) is 7.14. The van der Waals surface area contributed by atoms with Crippen LogP contribution in [-0.4, -0.2) is 20.3 Å². The fraction of sp³-hybridized carbons (Fsp3) is 0.133. The van der Waals surface area contributed by atoms with Crippen LogP contribution in [0, 0.1) is 0 Å². The molecule has 0 atom stereocenters. The predicted molar refractivity (Wildman–Crippen MR) is 85.8 cm³/mol. The summed E-state index contributed by atoms with van der Waals surface area (Å²) in [4.78, 5) is -0.0363. The van der Waals surface area contributed by atoms with Crippen molar-refractivity contribution in [3.05, 3.63) is 64.7 Å². The zero-order chi connectivity index (χ0) is 20.5. The molecule has 4 nitrogen and oxygen atoms in total. The normalized spacial score (nSPS) is 13.5. The largest absolute Gasteiger partial charge is 0.435 e. The molecule has 0 saturated carbocycles. The number of alkyl halides is 6. The summed E-state index contributed by atoms with van der Waals surface area (Å²) in [5, 5.41) is 2.93. The lowest BCUT2D eigenvalue weighted by Gasteiger charge is -2.14. The number of sulfonamides is 1. The van der Waals surface area contributed by atoms with Crippen LogP contribution >= 0.6 is 11.6 Å². The van der Waals surface area contributed by atoms with Crippen molar-refractivity contribution in [1.82, 2.24) is 4.83 Å². The van der Waals surface area contributed by atoms with Crippen LogP contribution in [0.2, 0.25) is 5.02 Å². The molecule has 0 aromatic heterocycles. The molecule has 0 heterocycles. The maximum absolute atomic E-state index is 13.2. The zero-order valence-electron chi connectivity index (χ0n) is 12.9. The maximum Gasteiger partial charge on any atom is 0.435 e. The van der Waals surface area contributed by atoms with E-state index in [1.54, 1.807) is 0 Å². The number of rotatable bonds is 4. The van der Waals surface area contributed by atoms with E-state index in [9.17, 15) is 34.8 Å². The van der Waals surface area contributed by atoms with Gasteiger partial charge < -0.3 is 0 Å². The smallest absolute Gasteiger partial charge is 0.200 e. The van der Waals surface area contributed by atoms with Crippen LogP contribution in [0.4, 0.5) is 26.3 Å². The second-order valence-corrected chi connectivity index (χ2v) is 7.12. The molecule has 2 rings (SSSR count). The van der Waals surface area contributed by atoms with Crippen LogP contribution in [0.15, 0.2) is 58.5 Å². The second-order valence-electron chi connectivity index (χ2n) is 5.05. The van der Waals surface area contributed by atoms with E-state index in [2.05, 4.69) is 5.10 Å². The standard InChI is InChI=1S/C15H9ClF6N2O2S/c16-10-7-5-9(6-8-10)13(15(20,21)22)23-24-27(25,26)12-4-2-1-3-11(12)14(17,18)19/h1-8,24H/b23-13+. The van der Waals surface area contributed by atoms with Crippen LogP contribution in [-0.2, 0) is 16.2 Å². The average molecular weight is 431 g/mol. The van der Waals surface area contributed by atoms with E-state index in [-0.39, 0.29) is 5.02 Å². The highest BCUT2D eigenvalue weighted by molar-refractivity contribution is 7.89. The summed E-state index contributed by atoms with van der Waals surface area (Å²) in [7, 11) is -5.03. The first kappa shape index (κ1) is 21.0. The van der Waals surface area contributed by atoms with E-state index in [4.69, 9.17) is 11.6 Å². The van der Waals surface area contributed by atoms with Gasteiger partial charge in [0, 0.05) is 10.6 Å². The Bertz CT molecular complexity index is 954. The third-order valence-electron chi connectivity index (χ3n) is 3.15. The van der Waals surface area contributed by atoms with Crippen LogP contribution in [0.1, 0.15) is 11.1 Å². The van der Waals surface area contributed by atoms with Crippen molar-refractivity contribution in [3.8, 4) is 0 Å². The summed E-state index contributed by atoms with van der Waals surface area (Å²) in [6.07, 6.45) is -10.1. The second kappa shape index (κ2) is 7.39. The van der Waals surface area contributed by atoms with Crippen molar-refractivity contribution in [1.29, 1.82) is 0 Å². The molecular formula is C15H9ClF6N2O2S. The Morgan fingerprint density at radius 2 is 1.48 bits per heavy atom. The van der Waals surface area contributed by atoms with Gasteiger partial charge in [-0.3, -0.25) is 0 Å². The number of halogens is 7. The Balaban J connectivity index is 2.48. The SMILES string of the molecule is O=S(=O)(N/N=C(\c1ccc(Cl)cc1)C(F)(F)F)c1ccccc1C(F)(F)F. The fourth-order valence-electron chi connectivity index (χ4n) is 1.99. The lowest BCUT2D eigenvalue weighted by atomic mass is 10.1. The molecule has 0 spiro atoms. The van der Waals surface area contributed by atoms with Crippen LogP contribution < -0.4 is 4.83 Å². The molecule has 2 aromatic carbocycles. The van der Waals surface area contributed by atoms with Gasteiger partial charge in [-0.1, -0.05) is 35.9 Å². The molecular weight excluding hydrogens is 422 g/mol. The summed E-state index contributed by atoms with van der Waals surface area (Å²) in [5.41, 5.74) is -3.71. The number of hydrazone groups is 1. The van der Waals surface area contributed by atoms with Gasteiger partial charge in [0.1, 0.15) is 4.90 Å². The van der Waals surface area contributed by atoms with Crippen molar-refractivity contribution in [2.75, 3.05) is 0 Å². The number of hydrogen-bond acceptors (Lipinski definition) is 3. The third kappa shape index (κ3) is 5.13. The zero-order valence-corrected chi connectivity index (χ0v) is 14.5. The van der Waals surface area contributed by atoms with E-state index >= 15 is 0 Å². The van der Waals surface area contributed by atoms with Crippen molar-refractivity contribution in [2.24, 2.45) is 5.10 Å². The molecule has 0 amide bonds. The molecule has 0 bridgehead atoms. The van der Waals surface area contributed by atoms with Gasteiger partial charge in [0.05, 0.1) is 5.56 Å². The monoisotopic (exact) mass is 430 g/mol. The van der Waals surface area contributed by atoms with Gasteiger partial charge in [-0.25, -0.2) is 0 Å². The minimum atomic E-state index is -5.08. The lowest BCUT2D eigenvalue weighted by Crippen LogP contribution is -2.30. The Labute approximate surface area is 154 Å². The molecule has 0 saturated heterocycles. The van der Waals surface area contributed by atoms with E-state index in [1.165, 1.54) is 4.83 Å². The number of hydrogen-bond donors (Lipinski definition) is 1. The highest BCUT2D eigenvalue weighted by atomic mass is 35.5. The summed E-state index contributed by atoms with van der Waals surface area (Å²) < 4.78 is 103. The molecule has 146 valence electrons. The van der Waals surface area contributed by atoms with Gasteiger partial charge in [0.25, 0.3) is 10.0 Å². The van der Waals surface area contributed by atoms with Gasteiger partial charge in [0.2, 0.25) is 0 Å². The Hall–Kier alpha value is -2.27. The molecule has 0 fully saturated rings. The van der Waals surface area contributed by atoms with Gasteiger partial charge in [-0.15, -0.1) is 0 Å². The van der Waals surface area contributed by atoms with E-state index < -0.39 is 44.1 Å². The summed E-state index contributed by atoms with van der Waals surface area (Å²) in [5.74, 6) is 0. The predicted octanol–water partition coefficient (Wildman–Crippen LogP) is 4.60. The first-order valence-corrected chi connectivity index (χ1v) is 8.77. The number of nitrogens with one attached hydrogen (secondary N) is 1. The molecule has 12 heteroatoms. The molecule has 0 aliphatic rings. The van der Waals surface area contributed by atoms with Crippen molar-refractivity contribution >= 4 is 27.3 Å². The first-order valence-electron chi connectivity index (χ1n) is 6.91. The van der Waals surface area contributed by atoms with E-state index in [0.717, 1.165) is 36.4 Å². The van der Waals surface area contributed by atoms with Crippen molar-refractivity contribution < 1.29 is 34.8 Å². The van der Waals surface area contributed by atoms with Gasteiger partial charge in [0.15, 0.2) is 5.71 Å². The topological polar surface area (TPSA) is 58.5 Å². The van der Waals surface area contributed by atoms with Crippen LogP contribution in [0.25, 0.3) is 0 Å². The number of nitrogens with zero attached hydrogens (tertiary/aromatic N) is 1. The van der Waals surface area contributed by atoms with E-state index in [0.29, 0.717) is 12.1 Å². The highest BCUT2D eigenvalue weighted by Gasteiger charge is 2.39. The van der Waals surface area contributed by atoms with Gasteiger partial charge >= 0.3 is 12.4 Å². The lowest BCUT2D eigenvalue weighted by molar-refractivity contribution is -0.139. The Morgan fingerprint density at radius 3 is 2.00 bits per heavy atom. The van der Waals surface area contributed by atoms with Gasteiger partial charge in [-0.05, 0) is 24.3 Å². The summed E-state index contributed by atoms with van der Waals surface area (Å²) in [6.45, 7) is 0. The first-order chi connectivity index (χ1) is 12.3. The Morgan fingerprint density at radius 1 is 0.926 bits per heavy atom. The minimum Gasteiger partial charge on any atom is -0.200 e. The fourth-order valence-corrected chi connectivity index (χ4v) is 3.16. The molecule has 0 aliphatic carbocycles. The van der Waals surface area contributed by atoms with Crippen molar-refractivity contribution in [3.63, 3.8) is 0 Å². The molecule has 0 unspecified atom stereocenters. The molecule has 2 aromatic rings. The van der Waals surface area contributed by atoms with E-state index in [1.807, 2.05) is 0 Å².